The first kappa shape index (κ1) is 12.3. The molecule has 0 aliphatic heterocycles. The molecule has 0 bridgehead atoms. The van der Waals surface area contributed by atoms with E-state index in [9.17, 15) is 5.11 Å². The first-order valence-corrected chi connectivity index (χ1v) is 6.13. The van der Waals surface area contributed by atoms with Gasteiger partial charge in [-0.25, -0.2) is 0 Å². The van der Waals surface area contributed by atoms with E-state index in [2.05, 4.69) is 0 Å². The third-order valence-corrected chi connectivity index (χ3v) is 3.77. The Morgan fingerprint density at radius 1 is 1.00 bits per heavy atom. The van der Waals surface area contributed by atoms with Crippen molar-refractivity contribution >= 4 is 0 Å². The minimum atomic E-state index is -0.350. The fourth-order valence-electron chi connectivity index (χ4n) is 2.69. The zero-order valence-electron chi connectivity index (χ0n) is 10.1. The number of hydrogen-bond acceptors (Lipinski definition) is 4. The van der Waals surface area contributed by atoms with Crippen LogP contribution in [0.1, 0.15) is 32.1 Å². The zero-order valence-corrected chi connectivity index (χ0v) is 10.1. The Bertz CT molecular complexity index is 221. The lowest BCUT2D eigenvalue weighted by Crippen LogP contribution is -2.54. The van der Waals surface area contributed by atoms with Crippen molar-refractivity contribution in [2.75, 3.05) is 14.2 Å². The van der Waals surface area contributed by atoms with Crippen molar-refractivity contribution in [3.63, 3.8) is 0 Å². The van der Waals surface area contributed by atoms with E-state index in [4.69, 9.17) is 14.2 Å². The van der Waals surface area contributed by atoms with Crippen LogP contribution in [0.4, 0.5) is 0 Å². The van der Waals surface area contributed by atoms with E-state index < -0.39 is 0 Å². The van der Waals surface area contributed by atoms with Crippen molar-refractivity contribution in [2.45, 2.75) is 62.6 Å². The molecular formula is C12H22O4. The third-order valence-electron chi connectivity index (χ3n) is 3.77. The van der Waals surface area contributed by atoms with E-state index in [0.717, 1.165) is 25.7 Å². The van der Waals surface area contributed by atoms with Gasteiger partial charge in [-0.15, -0.1) is 0 Å². The van der Waals surface area contributed by atoms with E-state index in [-0.39, 0.29) is 24.4 Å². The number of hydrogen-bond donors (Lipinski definition) is 1. The highest BCUT2D eigenvalue weighted by Gasteiger charge is 2.42. The maximum Gasteiger partial charge on any atom is 0.109 e. The molecule has 4 heteroatoms. The van der Waals surface area contributed by atoms with Crippen molar-refractivity contribution < 1.29 is 19.3 Å². The SMILES string of the molecule is COC1CCCC(OC2CC(O)C2OC)C1. The monoisotopic (exact) mass is 230 g/mol. The number of methoxy groups -OCH3 is 2. The summed E-state index contributed by atoms with van der Waals surface area (Å²) in [7, 11) is 3.39. The highest BCUT2D eigenvalue weighted by atomic mass is 16.6. The van der Waals surface area contributed by atoms with Gasteiger partial charge in [0, 0.05) is 20.6 Å². The molecule has 5 atom stereocenters. The summed E-state index contributed by atoms with van der Waals surface area (Å²) in [6, 6.07) is 0. The fourth-order valence-corrected chi connectivity index (χ4v) is 2.69. The Balaban J connectivity index is 1.77. The number of ether oxygens (including phenoxy) is 3. The summed E-state index contributed by atoms with van der Waals surface area (Å²) < 4.78 is 16.5. The van der Waals surface area contributed by atoms with Gasteiger partial charge in [-0.1, -0.05) is 0 Å². The Hall–Kier alpha value is -0.160. The van der Waals surface area contributed by atoms with Gasteiger partial charge in [0.1, 0.15) is 6.10 Å². The van der Waals surface area contributed by atoms with Crippen LogP contribution >= 0.6 is 0 Å². The minimum absolute atomic E-state index is 0.0700. The quantitative estimate of drug-likeness (QED) is 0.786. The maximum atomic E-state index is 9.48. The molecule has 2 aliphatic carbocycles. The van der Waals surface area contributed by atoms with Gasteiger partial charge in [0.25, 0.3) is 0 Å². The molecule has 2 rings (SSSR count). The van der Waals surface area contributed by atoms with Gasteiger partial charge >= 0.3 is 0 Å². The predicted molar refractivity (Wildman–Crippen MR) is 59.3 cm³/mol. The van der Waals surface area contributed by atoms with E-state index in [1.165, 1.54) is 0 Å². The molecule has 1 N–H and O–H groups in total. The fraction of sp³-hybridized carbons (Fsp3) is 1.00. The Morgan fingerprint density at radius 2 is 1.75 bits per heavy atom. The zero-order chi connectivity index (χ0) is 11.5. The minimum Gasteiger partial charge on any atom is -0.390 e. The molecule has 5 unspecified atom stereocenters. The average Bonchev–Trinajstić information content (AvgIpc) is 2.29. The van der Waals surface area contributed by atoms with Crippen LogP contribution in [-0.4, -0.2) is 49.8 Å². The van der Waals surface area contributed by atoms with Crippen LogP contribution in [0, 0.1) is 0 Å². The molecule has 0 aromatic rings. The molecule has 4 nitrogen and oxygen atoms in total. The molecule has 16 heavy (non-hydrogen) atoms. The molecule has 2 saturated carbocycles. The number of aliphatic hydroxyl groups excluding tert-OH is 1. The lowest BCUT2D eigenvalue weighted by atomic mass is 9.87. The molecule has 0 aromatic heterocycles. The van der Waals surface area contributed by atoms with Crippen LogP contribution in [0.3, 0.4) is 0 Å². The summed E-state index contributed by atoms with van der Waals surface area (Å²) >= 11 is 0. The van der Waals surface area contributed by atoms with E-state index >= 15 is 0 Å². The molecule has 0 heterocycles. The second-order valence-corrected chi connectivity index (χ2v) is 4.82. The second kappa shape index (κ2) is 5.45. The summed E-state index contributed by atoms with van der Waals surface area (Å²) in [6.45, 7) is 0. The molecular weight excluding hydrogens is 208 g/mol. The molecule has 0 saturated heterocycles. The third kappa shape index (κ3) is 2.56. The summed E-state index contributed by atoms with van der Waals surface area (Å²) in [5.41, 5.74) is 0. The van der Waals surface area contributed by atoms with Gasteiger partial charge in [0.15, 0.2) is 0 Å². The molecule has 2 fully saturated rings. The highest BCUT2D eigenvalue weighted by Crippen LogP contribution is 2.31. The highest BCUT2D eigenvalue weighted by molar-refractivity contribution is 4.92. The summed E-state index contributed by atoms with van der Waals surface area (Å²) in [5.74, 6) is 0. The molecule has 94 valence electrons. The van der Waals surface area contributed by atoms with Crippen molar-refractivity contribution in [1.29, 1.82) is 0 Å². The van der Waals surface area contributed by atoms with Crippen LogP contribution in [0.2, 0.25) is 0 Å². The van der Waals surface area contributed by atoms with Gasteiger partial charge in [0.2, 0.25) is 0 Å². The first-order valence-electron chi connectivity index (χ1n) is 6.13. The Morgan fingerprint density at radius 3 is 2.38 bits per heavy atom. The van der Waals surface area contributed by atoms with E-state index in [0.29, 0.717) is 12.5 Å². The van der Waals surface area contributed by atoms with Crippen molar-refractivity contribution in [3.05, 3.63) is 0 Å². The maximum absolute atomic E-state index is 9.48. The van der Waals surface area contributed by atoms with Crippen molar-refractivity contribution in [2.24, 2.45) is 0 Å². The predicted octanol–water partition coefficient (Wildman–Crippen LogP) is 1.11. The topological polar surface area (TPSA) is 47.9 Å². The van der Waals surface area contributed by atoms with Gasteiger partial charge in [-0.3, -0.25) is 0 Å². The normalized spacial score (nSPS) is 44.1. The summed E-state index contributed by atoms with van der Waals surface area (Å²) in [5, 5.41) is 9.48. The first-order chi connectivity index (χ1) is 7.74. The second-order valence-electron chi connectivity index (χ2n) is 4.82. The number of rotatable bonds is 4. The largest absolute Gasteiger partial charge is 0.390 e. The van der Waals surface area contributed by atoms with E-state index in [1.807, 2.05) is 0 Å². The van der Waals surface area contributed by atoms with Crippen LogP contribution in [-0.2, 0) is 14.2 Å². The molecule has 2 aliphatic rings. The lowest BCUT2D eigenvalue weighted by Gasteiger charge is -2.43. The van der Waals surface area contributed by atoms with E-state index in [1.54, 1.807) is 14.2 Å². The molecule has 0 radical (unpaired) electrons. The van der Waals surface area contributed by atoms with Crippen LogP contribution in [0.25, 0.3) is 0 Å². The molecule has 0 aromatic carbocycles. The standard InChI is InChI=1S/C12H22O4/c1-14-8-4-3-5-9(6-8)16-11-7-10(13)12(11)15-2/h8-13H,3-7H2,1-2H3. The van der Waals surface area contributed by atoms with Gasteiger partial charge in [-0.2, -0.15) is 0 Å². The summed E-state index contributed by atoms with van der Waals surface area (Å²) in [6.07, 6.45) is 5.27. The molecule has 0 spiro atoms. The molecule has 0 amide bonds. The Labute approximate surface area is 96.9 Å². The Kier molecular flexibility index (Phi) is 4.19. The van der Waals surface area contributed by atoms with Crippen molar-refractivity contribution in [3.8, 4) is 0 Å². The van der Waals surface area contributed by atoms with Crippen LogP contribution < -0.4 is 0 Å². The van der Waals surface area contributed by atoms with Gasteiger partial charge < -0.3 is 19.3 Å². The van der Waals surface area contributed by atoms with Crippen molar-refractivity contribution in [1.82, 2.24) is 0 Å². The summed E-state index contributed by atoms with van der Waals surface area (Å²) in [4.78, 5) is 0. The smallest absolute Gasteiger partial charge is 0.109 e. The van der Waals surface area contributed by atoms with Gasteiger partial charge in [-0.05, 0) is 25.7 Å². The number of aliphatic hydroxyl groups is 1. The van der Waals surface area contributed by atoms with Crippen LogP contribution in [0.5, 0.6) is 0 Å². The lowest BCUT2D eigenvalue weighted by molar-refractivity contribution is -0.205. The van der Waals surface area contributed by atoms with Gasteiger partial charge in [0.05, 0.1) is 24.4 Å². The average molecular weight is 230 g/mol. The van der Waals surface area contributed by atoms with Crippen LogP contribution in [0.15, 0.2) is 0 Å².